The molecule has 0 spiro atoms. The van der Waals surface area contributed by atoms with Gasteiger partial charge in [-0.25, -0.2) is 9.78 Å². The minimum Gasteiger partial charge on any atom is -0.345 e. The summed E-state index contributed by atoms with van der Waals surface area (Å²) in [5.41, 5.74) is 3.41. The zero-order valence-corrected chi connectivity index (χ0v) is 15.1. The Hall–Kier alpha value is -2.34. The molecule has 0 saturated heterocycles. The number of imidazole rings is 1. The molecule has 2 rings (SSSR count). The quantitative estimate of drug-likeness (QED) is 0.856. The van der Waals surface area contributed by atoms with Gasteiger partial charge in [-0.15, -0.1) is 0 Å². The van der Waals surface area contributed by atoms with Crippen LogP contribution in [-0.4, -0.2) is 53.5 Å². The van der Waals surface area contributed by atoms with Gasteiger partial charge in [0, 0.05) is 25.5 Å². The summed E-state index contributed by atoms with van der Waals surface area (Å²) >= 11 is 0. The van der Waals surface area contributed by atoms with Gasteiger partial charge >= 0.3 is 6.03 Å². The number of aromatic nitrogens is 2. The van der Waals surface area contributed by atoms with Crippen molar-refractivity contribution in [2.24, 2.45) is 0 Å². The maximum Gasteiger partial charge on any atom is 0.317 e. The van der Waals surface area contributed by atoms with Crippen molar-refractivity contribution in [2.45, 2.75) is 26.4 Å². The Morgan fingerprint density at radius 1 is 1.21 bits per heavy atom. The zero-order chi connectivity index (χ0) is 17.7. The number of carbonyl (C=O) groups excluding carboxylic acids is 1. The van der Waals surface area contributed by atoms with Crippen molar-refractivity contribution in [3.05, 3.63) is 53.1 Å². The van der Waals surface area contributed by atoms with E-state index < -0.39 is 0 Å². The second kappa shape index (κ2) is 7.97. The summed E-state index contributed by atoms with van der Waals surface area (Å²) in [7, 11) is 5.81. The lowest BCUT2D eigenvalue weighted by molar-refractivity contribution is 0.200. The molecule has 0 aliphatic rings. The van der Waals surface area contributed by atoms with Crippen LogP contribution in [0, 0.1) is 13.8 Å². The van der Waals surface area contributed by atoms with Crippen molar-refractivity contribution < 1.29 is 4.79 Å². The van der Waals surface area contributed by atoms with Crippen LogP contribution in [0.5, 0.6) is 0 Å². The van der Waals surface area contributed by atoms with E-state index in [1.807, 2.05) is 21.0 Å². The molecule has 0 bridgehead atoms. The van der Waals surface area contributed by atoms with Crippen molar-refractivity contribution in [1.82, 2.24) is 25.1 Å². The number of nitrogens with zero attached hydrogens (tertiary/aromatic N) is 3. The molecule has 2 aromatic rings. The van der Waals surface area contributed by atoms with Crippen LogP contribution in [0.1, 0.15) is 28.7 Å². The number of hydrogen-bond acceptors (Lipinski definition) is 3. The molecule has 0 saturated carbocycles. The zero-order valence-electron chi connectivity index (χ0n) is 15.1. The van der Waals surface area contributed by atoms with Crippen LogP contribution < -0.4 is 5.32 Å². The van der Waals surface area contributed by atoms with Crippen LogP contribution in [0.25, 0.3) is 0 Å². The standard InChI is InChI=1S/C18H27N5O/c1-13-6-8-15(9-7-13)16(22(3)4)11-20-18(24)23(5)12-17-19-10-14(2)21-17/h6-10,16H,11-12H2,1-5H3,(H,19,21)(H,20,24)/t16-/m0/s1. The van der Waals surface area contributed by atoms with E-state index >= 15 is 0 Å². The van der Waals surface area contributed by atoms with Crippen LogP contribution in [0.3, 0.4) is 0 Å². The third-order valence-electron chi connectivity index (χ3n) is 4.02. The largest absolute Gasteiger partial charge is 0.345 e. The summed E-state index contributed by atoms with van der Waals surface area (Å²) in [6.45, 7) is 5.02. The van der Waals surface area contributed by atoms with Gasteiger partial charge in [0.05, 0.1) is 12.6 Å². The Bertz CT molecular complexity index is 662. The minimum atomic E-state index is -0.108. The number of amides is 2. The molecule has 1 atom stereocenters. The third-order valence-corrected chi connectivity index (χ3v) is 4.02. The third kappa shape index (κ3) is 4.83. The van der Waals surface area contributed by atoms with E-state index in [1.165, 1.54) is 11.1 Å². The second-order valence-electron chi connectivity index (χ2n) is 6.45. The maximum absolute atomic E-state index is 12.3. The van der Waals surface area contributed by atoms with Gasteiger partial charge in [0.2, 0.25) is 0 Å². The molecule has 1 aromatic heterocycles. The Kier molecular flexibility index (Phi) is 5.98. The highest BCUT2D eigenvalue weighted by Gasteiger charge is 2.17. The monoisotopic (exact) mass is 329 g/mol. The molecule has 1 heterocycles. The Labute approximate surface area is 143 Å². The van der Waals surface area contributed by atoms with E-state index in [1.54, 1.807) is 18.1 Å². The summed E-state index contributed by atoms with van der Waals surface area (Å²) in [5, 5.41) is 3.01. The number of rotatable bonds is 6. The summed E-state index contributed by atoms with van der Waals surface area (Å²) in [6, 6.07) is 8.44. The van der Waals surface area contributed by atoms with Gasteiger partial charge in [0.1, 0.15) is 5.82 Å². The highest BCUT2D eigenvalue weighted by Crippen LogP contribution is 2.18. The van der Waals surface area contributed by atoms with E-state index in [-0.39, 0.29) is 12.1 Å². The van der Waals surface area contributed by atoms with Crippen molar-refractivity contribution in [3.8, 4) is 0 Å². The molecule has 6 nitrogen and oxygen atoms in total. The first-order chi connectivity index (χ1) is 11.4. The van der Waals surface area contributed by atoms with E-state index in [0.717, 1.165) is 11.5 Å². The fraction of sp³-hybridized carbons (Fsp3) is 0.444. The molecule has 0 radical (unpaired) electrons. The number of aromatic amines is 1. The first-order valence-corrected chi connectivity index (χ1v) is 8.09. The fourth-order valence-electron chi connectivity index (χ4n) is 2.55. The SMILES string of the molecule is Cc1ccc([C@H](CNC(=O)N(C)Cc2ncc(C)[nH]2)N(C)C)cc1. The lowest BCUT2D eigenvalue weighted by atomic mass is 10.0. The first kappa shape index (κ1) is 18.0. The van der Waals surface area contributed by atoms with Crippen molar-refractivity contribution in [3.63, 3.8) is 0 Å². The molecule has 0 fully saturated rings. The molecule has 0 unspecified atom stereocenters. The average Bonchev–Trinajstić information content (AvgIpc) is 2.93. The summed E-state index contributed by atoms with van der Waals surface area (Å²) < 4.78 is 0. The van der Waals surface area contributed by atoms with E-state index in [4.69, 9.17) is 0 Å². The molecule has 0 aliphatic heterocycles. The topological polar surface area (TPSA) is 64.3 Å². The summed E-state index contributed by atoms with van der Waals surface area (Å²) in [5.74, 6) is 0.785. The molecule has 0 aliphatic carbocycles. The Morgan fingerprint density at radius 2 is 1.88 bits per heavy atom. The number of nitrogens with one attached hydrogen (secondary N) is 2. The molecule has 24 heavy (non-hydrogen) atoms. The van der Waals surface area contributed by atoms with Crippen LogP contribution >= 0.6 is 0 Å². The van der Waals surface area contributed by atoms with Gasteiger partial charge in [0.25, 0.3) is 0 Å². The van der Waals surface area contributed by atoms with Crippen LogP contribution in [-0.2, 0) is 6.54 Å². The van der Waals surface area contributed by atoms with E-state index in [0.29, 0.717) is 13.1 Å². The Morgan fingerprint density at radius 3 is 2.42 bits per heavy atom. The second-order valence-corrected chi connectivity index (χ2v) is 6.45. The van der Waals surface area contributed by atoms with Gasteiger partial charge in [-0.3, -0.25) is 0 Å². The first-order valence-electron chi connectivity index (χ1n) is 8.09. The number of urea groups is 1. The molecule has 130 valence electrons. The van der Waals surface area contributed by atoms with Crippen molar-refractivity contribution >= 4 is 6.03 Å². The summed E-state index contributed by atoms with van der Waals surface area (Å²) in [4.78, 5) is 23.4. The van der Waals surface area contributed by atoms with Gasteiger partial charge in [-0.2, -0.15) is 0 Å². The number of carbonyl (C=O) groups is 1. The number of benzene rings is 1. The highest BCUT2D eigenvalue weighted by atomic mass is 16.2. The van der Waals surface area contributed by atoms with Crippen LogP contribution in [0.15, 0.2) is 30.5 Å². The van der Waals surface area contributed by atoms with E-state index in [2.05, 4.69) is 51.4 Å². The van der Waals surface area contributed by atoms with Crippen molar-refractivity contribution in [2.75, 3.05) is 27.7 Å². The highest BCUT2D eigenvalue weighted by molar-refractivity contribution is 5.73. The predicted octanol–water partition coefficient (Wildman–Crippen LogP) is 2.47. The van der Waals surface area contributed by atoms with Gasteiger partial charge in [-0.1, -0.05) is 29.8 Å². The lowest BCUT2D eigenvalue weighted by Crippen LogP contribution is -2.41. The number of likely N-dealkylation sites (N-methyl/N-ethyl adjacent to an activating group) is 1. The fourth-order valence-corrected chi connectivity index (χ4v) is 2.55. The molecular weight excluding hydrogens is 302 g/mol. The number of H-pyrrole nitrogens is 1. The average molecular weight is 329 g/mol. The van der Waals surface area contributed by atoms with Crippen LogP contribution in [0.2, 0.25) is 0 Å². The molecule has 2 amide bonds. The minimum absolute atomic E-state index is 0.108. The maximum atomic E-state index is 12.3. The lowest BCUT2D eigenvalue weighted by Gasteiger charge is -2.26. The van der Waals surface area contributed by atoms with E-state index in [9.17, 15) is 4.79 Å². The van der Waals surface area contributed by atoms with Gasteiger partial charge in [-0.05, 0) is 33.5 Å². The number of aryl methyl sites for hydroxylation is 2. The Balaban J connectivity index is 1.93. The molecular formula is C18H27N5O. The molecule has 2 N–H and O–H groups in total. The molecule has 1 aromatic carbocycles. The summed E-state index contributed by atoms with van der Waals surface area (Å²) in [6.07, 6.45) is 1.76. The smallest absolute Gasteiger partial charge is 0.317 e. The number of hydrogen-bond donors (Lipinski definition) is 2. The van der Waals surface area contributed by atoms with Gasteiger partial charge < -0.3 is 20.1 Å². The normalized spacial score (nSPS) is 12.2. The molecule has 6 heteroatoms. The van der Waals surface area contributed by atoms with Gasteiger partial charge in [0.15, 0.2) is 0 Å². The van der Waals surface area contributed by atoms with Crippen LogP contribution in [0.4, 0.5) is 4.79 Å². The van der Waals surface area contributed by atoms with Crippen molar-refractivity contribution in [1.29, 1.82) is 0 Å². The predicted molar refractivity (Wildman–Crippen MR) is 95.8 cm³/mol.